The highest BCUT2D eigenvalue weighted by Crippen LogP contribution is 2.28. The molecule has 1 aromatic heterocycles. The molecule has 30 heavy (non-hydrogen) atoms. The molecule has 0 bridgehead atoms. The fourth-order valence-electron chi connectivity index (χ4n) is 3.50. The summed E-state index contributed by atoms with van der Waals surface area (Å²) in [6, 6.07) is 11.5. The van der Waals surface area contributed by atoms with Crippen molar-refractivity contribution in [1.29, 1.82) is 0 Å². The van der Waals surface area contributed by atoms with Crippen LogP contribution in [-0.4, -0.2) is 34.5 Å². The van der Waals surface area contributed by atoms with Gasteiger partial charge in [-0.15, -0.1) is 11.6 Å². The van der Waals surface area contributed by atoms with Gasteiger partial charge in [0.2, 0.25) is 5.95 Å². The Morgan fingerprint density at radius 3 is 2.87 bits per heavy atom. The van der Waals surface area contributed by atoms with Crippen molar-refractivity contribution >= 4 is 34.4 Å². The van der Waals surface area contributed by atoms with Crippen LogP contribution in [0.3, 0.4) is 0 Å². The molecule has 1 aliphatic rings. The third-order valence-electron chi connectivity index (χ3n) is 5.09. The van der Waals surface area contributed by atoms with E-state index in [4.69, 9.17) is 22.1 Å². The number of hydrogen-bond acceptors (Lipinski definition) is 5. The molecule has 1 amide bonds. The molecule has 2 aromatic carbocycles. The minimum Gasteiger partial charge on any atom is -0.373 e. The summed E-state index contributed by atoms with van der Waals surface area (Å²) in [4.78, 5) is 21.2. The number of alkyl halides is 1. The number of hydrogen-bond donors (Lipinski definition) is 2. The Labute approximate surface area is 179 Å². The molecule has 3 N–H and O–H groups in total. The zero-order valence-corrected chi connectivity index (χ0v) is 17.4. The molecule has 7 heteroatoms. The number of aryl methyl sites for hydroxylation is 1. The molecular formula is C23H21ClN4O2. The predicted molar refractivity (Wildman–Crippen MR) is 119 cm³/mol. The number of carbonyl (C=O) groups is 1. The van der Waals surface area contributed by atoms with Gasteiger partial charge in [0, 0.05) is 30.0 Å². The number of anilines is 1. The van der Waals surface area contributed by atoms with Crippen LogP contribution in [0.2, 0.25) is 0 Å². The Hall–Kier alpha value is -3.22. The van der Waals surface area contributed by atoms with Gasteiger partial charge in [-0.25, -0.2) is 9.97 Å². The lowest BCUT2D eigenvalue weighted by molar-refractivity contribution is 0.0921. The zero-order chi connectivity index (χ0) is 21.3. The van der Waals surface area contributed by atoms with Crippen molar-refractivity contribution in [3.63, 3.8) is 0 Å². The quantitative estimate of drug-likeness (QED) is 0.623. The van der Waals surface area contributed by atoms with Gasteiger partial charge >= 0.3 is 0 Å². The van der Waals surface area contributed by atoms with Gasteiger partial charge in [-0.2, -0.15) is 0 Å². The molecule has 6 nitrogen and oxygen atoms in total. The van der Waals surface area contributed by atoms with Crippen molar-refractivity contribution in [2.24, 2.45) is 0 Å². The molecule has 0 aliphatic heterocycles. The number of fused-ring (bicyclic) bond motifs is 1. The number of allylic oxidation sites excluding steroid dienone is 2. The smallest absolute Gasteiger partial charge is 0.255 e. The topological polar surface area (TPSA) is 90.1 Å². The Kier molecular flexibility index (Phi) is 5.53. The summed E-state index contributed by atoms with van der Waals surface area (Å²) < 4.78 is 5.43. The van der Waals surface area contributed by atoms with E-state index in [-0.39, 0.29) is 17.2 Å². The van der Waals surface area contributed by atoms with E-state index in [1.807, 2.05) is 49.4 Å². The van der Waals surface area contributed by atoms with Crippen LogP contribution in [0.5, 0.6) is 0 Å². The summed E-state index contributed by atoms with van der Waals surface area (Å²) in [7, 11) is 1.57. The summed E-state index contributed by atoms with van der Waals surface area (Å²) in [6.07, 6.45) is 6.73. The van der Waals surface area contributed by atoms with Crippen LogP contribution in [0.4, 0.5) is 5.95 Å². The molecule has 1 heterocycles. The zero-order valence-electron chi connectivity index (χ0n) is 16.6. The van der Waals surface area contributed by atoms with E-state index in [0.29, 0.717) is 11.3 Å². The number of nitrogens with two attached hydrogens (primary N) is 1. The fourth-order valence-corrected chi connectivity index (χ4v) is 3.82. The first kappa shape index (κ1) is 20.1. The van der Waals surface area contributed by atoms with E-state index in [2.05, 4.69) is 15.3 Å². The van der Waals surface area contributed by atoms with Crippen LogP contribution in [0, 0.1) is 6.92 Å². The SMILES string of the molecule is COC1C(NC(=O)c2ccc(C)c(-c3ccc4nc(N)ncc4c3)c2)=CC=CC1Cl. The Morgan fingerprint density at radius 2 is 2.07 bits per heavy atom. The monoisotopic (exact) mass is 420 g/mol. The number of rotatable bonds is 4. The van der Waals surface area contributed by atoms with Crippen LogP contribution >= 0.6 is 11.6 Å². The number of aromatic nitrogens is 2. The molecule has 0 saturated carbocycles. The molecule has 0 radical (unpaired) electrons. The number of nitrogen functional groups attached to an aromatic ring is 1. The summed E-state index contributed by atoms with van der Waals surface area (Å²) in [6.45, 7) is 2.01. The molecule has 0 saturated heterocycles. The summed E-state index contributed by atoms with van der Waals surface area (Å²) in [5.41, 5.74) is 10.6. The van der Waals surface area contributed by atoms with Crippen molar-refractivity contribution in [2.75, 3.05) is 12.8 Å². The first-order valence-electron chi connectivity index (χ1n) is 9.46. The highest BCUT2D eigenvalue weighted by molar-refractivity contribution is 6.22. The number of methoxy groups -OCH3 is 1. The summed E-state index contributed by atoms with van der Waals surface area (Å²) in [5, 5.41) is 3.47. The minimum absolute atomic E-state index is 0.222. The van der Waals surface area contributed by atoms with E-state index in [9.17, 15) is 4.79 Å². The van der Waals surface area contributed by atoms with Crippen molar-refractivity contribution in [3.8, 4) is 11.1 Å². The number of halogens is 1. The number of carbonyl (C=O) groups excluding carboxylic acids is 1. The van der Waals surface area contributed by atoms with Crippen molar-refractivity contribution in [1.82, 2.24) is 15.3 Å². The van der Waals surface area contributed by atoms with Gasteiger partial charge in [0.1, 0.15) is 6.10 Å². The van der Waals surface area contributed by atoms with Crippen LogP contribution in [-0.2, 0) is 4.74 Å². The first-order valence-corrected chi connectivity index (χ1v) is 9.90. The van der Waals surface area contributed by atoms with E-state index in [1.165, 1.54) is 0 Å². The molecule has 1 aliphatic carbocycles. The Morgan fingerprint density at radius 1 is 1.23 bits per heavy atom. The maximum absolute atomic E-state index is 12.9. The lowest BCUT2D eigenvalue weighted by Gasteiger charge is -2.24. The third kappa shape index (κ3) is 3.92. The van der Waals surface area contributed by atoms with Crippen LogP contribution in [0.25, 0.3) is 22.0 Å². The molecule has 152 valence electrons. The average molecular weight is 421 g/mol. The number of ether oxygens (including phenoxy) is 1. The second-order valence-electron chi connectivity index (χ2n) is 7.09. The van der Waals surface area contributed by atoms with Crippen molar-refractivity contribution < 1.29 is 9.53 Å². The van der Waals surface area contributed by atoms with Crippen molar-refractivity contribution in [2.45, 2.75) is 18.4 Å². The largest absolute Gasteiger partial charge is 0.373 e. The van der Waals surface area contributed by atoms with Gasteiger partial charge < -0.3 is 15.8 Å². The Balaban J connectivity index is 1.65. The fraction of sp³-hybridized carbons (Fsp3) is 0.174. The second-order valence-corrected chi connectivity index (χ2v) is 7.60. The molecule has 3 aromatic rings. The maximum Gasteiger partial charge on any atom is 0.255 e. The average Bonchev–Trinajstić information content (AvgIpc) is 2.74. The molecule has 0 fully saturated rings. The number of nitrogens with zero attached hydrogens (tertiary/aromatic N) is 2. The molecular weight excluding hydrogens is 400 g/mol. The van der Waals surface area contributed by atoms with Crippen LogP contribution in [0.1, 0.15) is 15.9 Å². The van der Waals surface area contributed by atoms with Gasteiger partial charge in [0.25, 0.3) is 5.91 Å². The lowest BCUT2D eigenvalue weighted by atomic mass is 9.96. The van der Waals surface area contributed by atoms with Crippen LogP contribution < -0.4 is 11.1 Å². The molecule has 4 rings (SSSR count). The normalized spacial score (nSPS) is 18.3. The van der Waals surface area contributed by atoms with Crippen molar-refractivity contribution in [3.05, 3.63) is 77.6 Å². The van der Waals surface area contributed by atoms with E-state index >= 15 is 0 Å². The van der Waals surface area contributed by atoms with Crippen LogP contribution in [0.15, 0.2) is 66.5 Å². The maximum atomic E-state index is 12.9. The second kappa shape index (κ2) is 8.26. The molecule has 2 atom stereocenters. The van der Waals surface area contributed by atoms with E-state index < -0.39 is 6.10 Å². The molecule has 0 spiro atoms. The van der Waals surface area contributed by atoms with E-state index in [1.54, 1.807) is 25.4 Å². The third-order valence-corrected chi connectivity index (χ3v) is 5.46. The predicted octanol–water partition coefficient (Wildman–Crippen LogP) is 3.99. The Bertz CT molecular complexity index is 1190. The number of nitrogens with one attached hydrogen (secondary N) is 1. The van der Waals surface area contributed by atoms with Gasteiger partial charge in [-0.1, -0.05) is 24.3 Å². The lowest BCUT2D eigenvalue weighted by Crippen LogP contribution is -2.36. The number of benzene rings is 2. The van der Waals surface area contributed by atoms with Gasteiger partial charge in [0.15, 0.2) is 0 Å². The highest BCUT2D eigenvalue weighted by Gasteiger charge is 2.25. The minimum atomic E-state index is -0.404. The van der Waals surface area contributed by atoms with Gasteiger partial charge in [0.05, 0.1) is 10.9 Å². The highest BCUT2D eigenvalue weighted by atomic mass is 35.5. The molecule has 2 unspecified atom stereocenters. The summed E-state index contributed by atoms with van der Waals surface area (Å²) in [5.74, 6) is 0.0196. The van der Waals surface area contributed by atoms with E-state index in [0.717, 1.165) is 27.6 Å². The summed E-state index contributed by atoms with van der Waals surface area (Å²) >= 11 is 6.27. The number of amides is 1. The van der Waals surface area contributed by atoms with Gasteiger partial charge in [-0.05, 0) is 54.0 Å². The van der Waals surface area contributed by atoms with Gasteiger partial charge in [-0.3, -0.25) is 4.79 Å². The first-order chi connectivity index (χ1) is 14.5. The standard InChI is InChI=1S/C23H21ClN4O2/c1-13-6-7-15(22(29)27-20-5-3-4-18(24)21(20)30-2)11-17(13)14-8-9-19-16(10-14)12-26-23(25)28-19/h3-12,18,21H,1-2H3,(H,27,29)(H2,25,26,28).